The van der Waals surface area contributed by atoms with Gasteiger partial charge in [-0.25, -0.2) is 4.79 Å². The van der Waals surface area contributed by atoms with Crippen molar-refractivity contribution in [1.82, 2.24) is 0 Å². The van der Waals surface area contributed by atoms with Crippen LogP contribution in [0.5, 0.6) is 0 Å². The van der Waals surface area contributed by atoms with E-state index in [-0.39, 0.29) is 0 Å². The molecule has 0 bridgehead atoms. The molecule has 1 aliphatic rings. The summed E-state index contributed by atoms with van der Waals surface area (Å²) < 4.78 is 0. The topological polar surface area (TPSA) is 67.2 Å². The van der Waals surface area contributed by atoms with Crippen molar-refractivity contribution in [3.63, 3.8) is 0 Å². The van der Waals surface area contributed by atoms with Gasteiger partial charge >= 0.3 is 6.03 Å². The molecule has 1 aromatic rings. The van der Waals surface area contributed by atoms with Crippen LogP contribution in [0.2, 0.25) is 0 Å². The molecule has 1 fully saturated rings. The molecular formula is C15H23N3O. The first-order chi connectivity index (χ1) is 9.24. The number of benzene rings is 1. The maximum atomic E-state index is 10.8. The third-order valence-corrected chi connectivity index (χ3v) is 3.70. The van der Waals surface area contributed by atoms with Crippen LogP contribution in [0, 0.1) is 5.92 Å². The van der Waals surface area contributed by atoms with Crippen LogP contribution in [0.1, 0.15) is 38.5 Å². The van der Waals surface area contributed by atoms with Crippen molar-refractivity contribution in [1.29, 1.82) is 0 Å². The highest BCUT2D eigenvalue weighted by Gasteiger charge is 2.11. The maximum Gasteiger partial charge on any atom is 0.316 e. The summed E-state index contributed by atoms with van der Waals surface area (Å²) in [6, 6.07) is 7.16. The van der Waals surface area contributed by atoms with Crippen molar-refractivity contribution in [3.8, 4) is 0 Å². The van der Waals surface area contributed by atoms with Gasteiger partial charge in [0.2, 0.25) is 0 Å². The molecule has 0 radical (unpaired) electrons. The van der Waals surface area contributed by atoms with E-state index in [2.05, 4.69) is 10.6 Å². The van der Waals surface area contributed by atoms with Gasteiger partial charge in [-0.2, -0.15) is 0 Å². The molecule has 4 nitrogen and oxygen atoms in total. The van der Waals surface area contributed by atoms with Crippen molar-refractivity contribution in [2.45, 2.75) is 38.5 Å². The number of anilines is 2. The third-order valence-electron chi connectivity index (χ3n) is 3.70. The lowest BCUT2D eigenvalue weighted by Gasteiger charge is -2.16. The molecule has 19 heavy (non-hydrogen) atoms. The van der Waals surface area contributed by atoms with E-state index in [1.165, 1.54) is 38.5 Å². The zero-order valence-corrected chi connectivity index (χ0v) is 11.3. The molecule has 4 N–H and O–H groups in total. The lowest BCUT2D eigenvalue weighted by molar-refractivity contribution is 0.259. The molecule has 0 aromatic heterocycles. The van der Waals surface area contributed by atoms with E-state index in [9.17, 15) is 4.79 Å². The quantitative estimate of drug-likeness (QED) is 0.725. The van der Waals surface area contributed by atoms with Crippen LogP contribution in [-0.4, -0.2) is 12.6 Å². The summed E-state index contributed by atoms with van der Waals surface area (Å²) in [5.41, 5.74) is 6.88. The van der Waals surface area contributed by atoms with Crippen LogP contribution >= 0.6 is 0 Å². The molecule has 2 amide bonds. The molecular weight excluding hydrogens is 238 g/mol. The summed E-state index contributed by atoms with van der Waals surface area (Å²) in [6.45, 7) is 1.01. The Hall–Kier alpha value is -1.71. The Kier molecular flexibility index (Phi) is 5.07. The van der Waals surface area contributed by atoms with Crippen LogP contribution < -0.4 is 16.4 Å². The smallest absolute Gasteiger partial charge is 0.316 e. The van der Waals surface area contributed by atoms with Crippen LogP contribution in [-0.2, 0) is 0 Å². The molecule has 1 aliphatic carbocycles. The molecule has 1 saturated carbocycles. The molecule has 4 heteroatoms. The second-order valence-electron chi connectivity index (χ2n) is 5.31. The van der Waals surface area contributed by atoms with Gasteiger partial charge in [-0.3, -0.25) is 0 Å². The highest BCUT2D eigenvalue weighted by atomic mass is 16.2. The molecule has 0 unspecified atom stereocenters. The molecule has 0 atom stereocenters. The van der Waals surface area contributed by atoms with Gasteiger partial charge in [0.1, 0.15) is 0 Å². The number of hydrogen-bond acceptors (Lipinski definition) is 2. The minimum Gasteiger partial charge on any atom is -0.385 e. The lowest BCUT2D eigenvalue weighted by Crippen LogP contribution is -2.19. The number of amides is 2. The van der Waals surface area contributed by atoms with Crippen molar-refractivity contribution < 1.29 is 4.79 Å². The zero-order chi connectivity index (χ0) is 13.5. The van der Waals surface area contributed by atoms with Gasteiger partial charge in [-0.15, -0.1) is 0 Å². The number of nitrogens with one attached hydrogen (secondary N) is 2. The standard InChI is InChI=1S/C15H23N3O/c16-15(19)18-14-9-5-8-13(10-14)17-11-12-6-3-1-2-4-7-12/h5,8-10,12,17H,1-4,6-7,11H2,(H3,16,18,19). The largest absolute Gasteiger partial charge is 0.385 e. The Morgan fingerprint density at radius 3 is 2.53 bits per heavy atom. The fourth-order valence-electron chi connectivity index (χ4n) is 2.68. The zero-order valence-electron chi connectivity index (χ0n) is 11.3. The fraction of sp³-hybridized carbons (Fsp3) is 0.533. The number of carbonyl (C=O) groups is 1. The van der Waals surface area contributed by atoms with Crippen LogP contribution in [0.3, 0.4) is 0 Å². The molecule has 0 heterocycles. The highest BCUT2D eigenvalue weighted by molar-refractivity contribution is 5.88. The number of hydrogen-bond donors (Lipinski definition) is 3. The minimum atomic E-state index is -0.527. The fourth-order valence-corrected chi connectivity index (χ4v) is 2.68. The second-order valence-corrected chi connectivity index (χ2v) is 5.31. The Bertz CT molecular complexity index is 412. The Morgan fingerprint density at radius 2 is 1.84 bits per heavy atom. The van der Waals surface area contributed by atoms with E-state index in [1.807, 2.05) is 24.3 Å². The summed E-state index contributed by atoms with van der Waals surface area (Å²) in [7, 11) is 0. The summed E-state index contributed by atoms with van der Waals surface area (Å²) >= 11 is 0. The van der Waals surface area contributed by atoms with Crippen molar-refractivity contribution in [2.75, 3.05) is 17.2 Å². The van der Waals surface area contributed by atoms with E-state index < -0.39 is 6.03 Å². The second kappa shape index (κ2) is 7.02. The van der Waals surface area contributed by atoms with Crippen molar-refractivity contribution >= 4 is 17.4 Å². The van der Waals surface area contributed by atoms with Gasteiger partial charge in [0.25, 0.3) is 0 Å². The van der Waals surface area contributed by atoms with Crippen molar-refractivity contribution in [3.05, 3.63) is 24.3 Å². The Balaban J connectivity index is 1.86. The number of rotatable bonds is 4. The van der Waals surface area contributed by atoms with Crippen LogP contribution in [0.25, 0.3) is 0 Å². The average Bonchev–Trinajstić information content (AvgIpc) is 2.64. The predicted molar refractivity (Wildman–Crippen MR) is 79.3 cm³/mol. The van der Waals surface area contributed by atoms with Gasteiger partial charge in [0.15, 0.2) is 0 Å². The predicted octanol–water partition coefficient (Wildman–Crippen LogP) is 3.56. The van der Waals surface area contributed by atoms with Gasteiger partial charge in [0, 0.05) is 17.9 Å². The van der Waals surface area contributed by atoms with Gasteiger partial charge in [-0.1, -0.05) is 31.7 Å². The van der Waals surface area contributed by atoms with E-state index in [0.29, 0.717) is 0 Å². The number of carbonyl (C=O) groups excluding carboxylic acids is 1. The van der Waals surface area contributed by atoms with E-state index in [0.717, 1.165) is 23.8 Å². The van der Waals surface area contributed by atoms with Gasteiger partial charge in [0.05, 0.1) is 0 Å². The monoisotopic (exact) mass is 261 g/mol. The first-order valence-electron chi connectivity index (χ1n) is 7.14. The lowest BCUT2D eigenvalue weighted by atomic mass is 10.0. The summed E-state index contributed by atoms with van der Waals surface area (Å²) in [5.74, 6) is 0.773. The van der Waals surface area contributed by atoms with E-state index >= 15 is 0 Å². The average molecular weight is 261 g/mol. The molecule has 0 aliphatic heterocycles. The molecule has 2 rings (SSSR count). The van der Waals surface area contributed by atoms with E-state index in [4.69, 9.17) is 5.73 Å². The summed E-state index contributed by atoms with van der Waals surface area (Å²) in [4.78, 5) is 10.8. The normalized spacial score (nSPS) is 16.6. The minimum absolute atomic E-state index is 0.527. The summed E-state index contributed by atoms with van der Waals surface area (Å²) in [5, 5.41) is 6.06. The molecule has 0 saturated heterocycles. The Morgan fingerprint density at radius 1 is 1.16 bits per heavy atom. The SMILES string of the molecule is NC(=O)Nc1cccc(NCC2CCCCCC2)c1. The number of primary amides is 1. The van der Waals surface area contributed by atoms with Crippen LogP contribution in [0.4, 0.5) is 16.2 Å². The van der Waals surface area contributed by atoms with Crippen molar-refractivity contribution in [2.24, 2.45) is 11.7 Å². The number of urea groups is 1. The van der Waals surface area contributed by atoms with Gasteiger partial charge < -0.3 is 16.4 Å². The van der Waals surface area contributed by atoms with Gasteiger partial charge in [-0.05, 0) is 37.0 Å². The molecule has 0 spiro atoms. The maximum absolute atomic E-state index is 10.8. The highest BCUT2D eigenvalue weighted by Crippen LogP contribution is 2.23. The molecule has 104 valence electrons. The summed E-state index contributed by atoms with van der Waals surface area (Å²) in [6.07, 6.45) is 8.13. The number of nitrogens with two attached hydrogens (primary N) is 1. The third kappa shape index (κ3) is 4.81. The first-order valence-corrected chi connectivity index (χ1v) is 7.14. The Labute approximate surface area is 114 Å². The van der Waals surface area contributed by atoms with E-state index in [1.54, 1.807) is 0 Å². The van der Waals surface area contributed by atoms with Crippen LogP contribution in [0.15, 0.2) is 24.3 Å². The first kappa shape index (κ1) is 13.7. The molecule has 1 aromatic carbocycles.